The van der Waals surface area contributed by atoms with Gasteiger partial charge in [0.2, 0.25) is 10.0 Å². The molecule has 0 radical (unpaired) electrons. The van der Waals surface area contributed by atoms with Gasteiger partial charge in [-0.2, -0.15) is 5.10 Å². The Kier molecular flexibility index (Phi) is 5.09. The van der Waals surface area contributed by atoms with Gasteiger partial charge >= 0.3 is 0 Å². The number of rotatable bonds is 5. The van der Waals surface area contributed by atoms with Gasteiger partial charge < -0.3 is 15.1 Å². The number of carbonyl (C=O) groups is 2. The summed E-state index contributed by atoms with van der Waals surface area (Å²) in [6.07, 6.45) is 4.91. The van der Waals surface area contributed by atoms with Crippen LogP contribution in [0.5, 0.6) is 0 Å². The van der Waals surface area contributed by atoms with Crippen molar-refractivity contribution in [3.05, 3.63) is 36.0 Å². The second-order valence-corrected chi connectivity index (χ2v) is 7.98. The summed E-state index contributed by atoms with van der Waals surface area (Å²) in [5, 5.41) is 11.8. The molecule has 1 saturated heterocycles. The minimum absolute atomic E-state index is 0.116. The van der Waals surface area contributed by atoms with Crippen molar-refractivity contribution in [2.75, 3.05) is 24.7 Å². The van der Waals surface area contributed by atoms with Crippen LogP contribution >= 0.6 is 0 Å². The second kappa shape index (κ2) is 7.30. The summed E-state index contributed by atoms with van der Waals surface area (Å²) < 4.78 is 29.4. The van der Waals surface area contributed by atoms with Crippen molar-refractivity contribution in [1.82, 2.24) is 19.8 Å². The first-order chi connectivity index (χ1) is 12.3. The predicted octanol–water partition coefficient (Wildman–Crippen LogP) is 0.409. The molecule has 3 rings (SSSR count). The first-order valence-electron chi connectivity index (χ1n) is 7.99. The van der Waals surface area contributed by atoms with E-state index in [1.807, 2.05) is 0 Å². The van der Waals surface area contributed by atoms with Crippen LogP contribution in [0.15, 0.2) is 29.0 Å². The van der Waals surface area contributed by atoms with Crippen LogP contribution in [0.1, 0.15) is 33.9 Å². The number of piperidine rings is 1. The number of hydrogen-bond acceptors (Lipinski definition) is 6. The van der Waals surface area contributed by atoms with Gasteiger partial charge in [0.05, 0.1) is 24.4 Å². The zero-order valence-electron chi connectivity index (χ0n) is 14.1. The van der Waals surface area contributed by atoms with E-state index in [-0.39, 0.29) is 23.2 Å². The Morgan fingerprint density at radius 1 is 1.31 bits per heavy atom. The number of nitrogens with one attached hydrogen (secondary N) is 3. The van der Waals surface area contributed by atoms with Gasteiger partial charge in [-0.15, -0.1) is 0 Å². The Labute approximate surface area is 150 Å². The van der Waals surface area contributed by atoms with Gasteiger partial charge in [-0.3, -0.25) is 14.7 Å². The van der Waals surface area contributed by atoms with Gasteiger partial charge in [-0.25, -0.2) is 12.7 Å². The fourth-order valence-corrected chi connectivity index (χ4v) is 3.61. The van der Waals surface area contributed by atoms with Crippen LogP contribution in [-0.4, -0.2) is 60.1 Å². The molecule has 0 spiro atoms. The van der Waals surface area contributed by atoms with E-state index in [9.17, 15) is 18.0 Å². The molecule has 0 saturated carbocycles. The monoisotopic (exact) mass is 381 g/mol. The average molecular weight is 381 g/mol. The summed E-state index contributed by atoms with van der Waals surface area (Å²) in [5.41, 5.74) is 0.355. The number of nitrogens with zero attached hydrogens (tertiary/aromatic N) is 2. The van der Waals surface area contributed by atoms with Crippen LogP contribution < -0.4 is 10.6 Å². The van der Waals surface area contributed by atoms with Gasteiger partial charge in [-0.05, 0) is 25.0 Å². The molecule has 1 aliphatic rings. The first-order valence-corrected chi connectivity index (χ1v) is 9.83. The van der Waals surface area contributed by atoms with Gasteiger partial charge in [0.25, 0.3) is 11.8 Å². The molecule has 10 nitrogen and oxygen atoms in total. The summed E-state index contributed by atoms with van der Waals surface area (Å²) in [6.45, 7) is 0.712. The molecule has 2 aromatic rings. The van der Waals surface area contributed by atoms with Crippen LogP contribution in [0, 0.1) is 0 Å². The number of amides is 2. The van der Waals surface area contributed by atoms with Crippen LogP contribution in [0.3, 0.4) is 0 Å². The molecule has 11 heteroatoms. The van der Waals surface area contributed by atoms with Crippen LogP contribution in [0.2, 0.25) is 0 Å². The minimum atomic E-state index is -3.21. The molecule has 0 aliphatic carbocycles. The maximum Gasteiger partial charge on any atom is 0.291 e. The summed E-state index contributed by atoms with van der Waals surface area (Å²) in [6, 6.07) is 2.93. The van der Waals surface area contributed by atoms with E-state index in [1.54, 1.807) is 6.07 Å². The van der Waals surface area contributed by atoms with E-state index in [2.05, 4.69) is 20.8 Å². The molecule has 0 aromatic carbocycles. The lowest BCUT2D eigenvalue weighted by atomic mass is 10.1. The van der Waals surface area contributed by atoms with Crippen LogP contribution in [-0.2, 0) is 10.0 Å². The van der Waals surface area contributed by atoms with E-state index in [1.165, 1.54) is 29.1 Å². The van der Waals surface area contributed by atoms with Gasteiger partial charge in [0, 0.05) is 19.1 Å². The molecule has 3 N–H and O–H groups in total. The molecular formula is C15H19N5O5S. The number of hydrogen-bond donors (Lipinski definition) is 3. The lowest BCUT2D eigenvalue weighted by molar-refractivity contribution is 0.0919. The van der Waals surface area contributed by atoms with Gasteiger partial charge in [-0.1, -0.05) is 0 Å². The topological polar surface area (TPSA) is 137 Å². The summed E-state index contributed by atoms with van der Waals surface area (Å²) in [4.78, 5) is 24.5. The Morgan fingerprint density at radius 3 is 2.65 bits per heavy atom. The van der Waals surface area contributed by atoms with E-state index in [0.29, 0.717) is 25.9 Å². The normalized spacial score (nSPS) is 16.3. The fraction of sp³-hybridized carbons (Fsp3) is 0.400. The van der Waals surface area contributed by atoms with Crippen molar-refractivity contribution in [3.63, 3.8) is 0 Å². The van der Waals surface area contributed by atoms with Crippen molar-refractivity contribution >= 4 is 27.5 Å². The SMILES string of the molecule is CS(=O)(=O)N1CCC(NC(=O)c2[nH]ncc2NC(=O)c2ccco2)CC1. The average Bonchev–Trinajstić information content (AvgIpc) is 3.26. The fourth-order valence-electron chi connectivity index (χ4n) is 2.74. The third kappa shape index (κ3) is 4.11. The lowest BCUT2D eigenvalue weighted by Gasteiger charge is -2.30. The molecule has 26 heavy (non-hydrogen) atoms. The number of furan rings is 1. The Morgan fingerprint density at radius 2 is 2.04 bits per heavy atom. The van der Waals surface area contributed by atoms with Crippen molar-refractivity contribution in [2.24, 2.45) is 0 Å². The highest BCUT2D eigenvalue weighted by atomic mass is 32.2. The van der Waals surface area contributed by atoms with Gasteiger partial charge in [0.1, 0.15) is 5.69 Å². The largest absolute Gasteiger partial charge is 0.459 e. The highest BCUT2D eigenvalue weighted by Crippen LogP contribution is 2.17. The van der Waals surface area contributed by atoms with E-state index >= 15 is 0 Å². The number of aromatic amines is 1. The van der Waals surface area contributed by atoms with E-state index in [0.717, 1.165) is 0 Å². The number of carbonyl (C=O) groups excluding carboxylic acids is 2. The van der Waals surface area contributed by atoms with Gasteiger partial charge in [0.15, 0.2) is 5.76 Å². The molecule has 0 atom stereocenters. The molecule has 2 amide bonds. The Hall–Kier alpha value is -2.66. The molecule has 0 unspecified atom stereocenters. The third-order valence-corrected chi connectivity index (χ3v) is 5.42. The smallest absolute Gasteiger partial charge is 0.291 e. The Balaban J connectivity index is 1.60. The standard InChI is InChI=1S/C15H19N5O5S/c1-26(23,24)20-6-4-10(5-7-20)17-15(22)13-11(9-16-19-13)18-14(21)12-3-2-8-25-12/h2-3,8-10H,4-7H2,1H3,(H,16,19)(H,17,22)(H,18,21). The van der Waals surface area contributed by atoms with Crippen LogP contribution in [0.4, 0.5) is 5.69 Å². The number of H-pyrrole nitrogens is 1. The lowest BCUT2D eigenvalue weighted by Crippen LogP contribution is -2.46. The molecule has 0 bridgehead atoms. The molecule has 2 aromatic heterocycles. The summed E-state index contributed by atoms with van der Waals surface area (Å²) in [5.74, 6) is -0.798. The summed E-state index contributed by atoms with van der Waals surface area (Å²) >= 11 is 0. The molecule has 3 heterocycles. The second-order valence-electron chi connectivity index (χ2n) is 6.00. The summed E-state index contributed by atoms with van der Waals surface area (Å²) in [7, 11) is -3.21. The van der Waals surface area contributed by atoms with Crippen LogP contribution in [0.25, 0.3) is 0 Å². The highest BCUT2D eigenvalue weighted by molar-refractivity contribution is 7.88. The van der Waals surface area contributed by atoms with E-state index < -0.39 is 21.8 Å². The number of sulfonamides is 1. The van der Waals surface area contributed by atoms with E-state index in [4.69, 9.17) is 4.42 Å². The number of aromatic nitrogens is 2. The van der Waals surface area contributed by atoms with Crippen molar-refractivity contribution in [3.8, 4) is 0 Å². The zero-order valence-corrected chi connectivity index (χ0v) is 14.9. The van der Waals surface area contributed by atoms with Crippen molar-refractivity contribution in [1.29, 1.82) is 0 Å². The molecule has 140 valence electrons. The van der Waals surface area contributed by atoms with Crippen molar-refractivity contribution < 1.29 is 22.4 Å². The third-order valence-electron chi connectivity index (χ3n) is 4.12. The van der Waals surface area contributed by atoms with Crippen molar-refractivity contribution in [2.45, 2.75) is 18.9 Å². The maximum absolute atomic E-state index is 12.5. The predicted molar refractivity (Wildman–Crippen MR) is 92.2 cm³/mol. The molecular weight excluding hydrogens is 362 g/mol. The maximum atomic E-state index is 12.5. The first kappa shape index (κ1) is 18.1. The molecule has 1 fully saturated rings. The minimum Gasteiger partial charge on any atom is -0.459 e. The highest BCUT2D eigenvalue weighted by Gasteiger charge is 2.27. The Bertz CT molecular complexity index is 881. The zero-order chi connectivity index (χ0) is 18.7. The molecule has 1 aliphatic heterocycles. The quantitative estimate of drug-likeness (QED) is 0.686. The number of anilines is 1.